The zero-order valence-corrected chi connectivity index (χ0v) is 5.60. The lowest BCUT2D eigenvalue weighted by molar-refractivity contribution is -0.119. The maximum absolute atomic E-state index is 10.8. The van der Waals surface area contributed by atoms with Crippen LogP contribution in [0.4, 0.5) is 0 Å². The fourth-order valence-corrected chi connectivity index (χ4v) is 1.02. The highest BCUT2D eigenvalue weighted by Gasteiger charge is 2.00. The Bertz CT molecular complexity index is 125. The molecule has 1 nitrogen and oxygen atoms in total. The minimum Gasteiger partial charge on any atom is -0.300 e. The van der Waals surface area contributed by atoms with Gasteiger partial charge < -0.3 is 0 Å². The van der Waals surface area contributed by atoms with E-state index >= 15 is 0 Å². The van der Waals surface area contributed by atoms with Gasteiger partial charge in [-0.2, -0.15) is 0 Å². The second kappa shape index (κ2) is 3.44. The zero-order valence-electron chi connectivity index (χ0n) is 5.60. The van der Waals surface area contributed by atoms with Gasteiger partial charge in [0, 0.05) is 12.8 Å². The van der Waals surface area contributed by atoms with E-state index in [0.717, 1.165) is 32.1 Å². The molecule has 0 saturated heterocycles. The van der Waals surface area contributed by atoms with Gasteiger partial charge in [-0.05, 0) is 19.3 Å². The highest BCUT2D eigenvalue weighted by Crippen LogP contribution is 2.07. The Balaban J connectivity index is 2.35. The molecule has 0 aliphatic heterocycles. The first-order valence-electron chi connectivity index (χ1n) is 3.56. The number of hydrogen-bond acceptors (Lipinski definition) is 1. The van der Waals surface area contributed by atoms with Crippen molar-refractivity contribution in [2.24, 2.45) is 0 Å². The number of ketones is 1. The maximum atomic E-state index is 10.8. The Labute approximate surface area is 55.8 Å². The third-order valence-electron chi connectivity index (χ3n) is 1.58. The standard InChI is InChI=1S/C8H12O/c9-8-6-4-2-1-3-5-7-8/h1-2H,3-7H2/b2-1+. The first-order valence-corrected chi connectivity index (χ1v) is 3.56. The smallest absolute Gasteiger partial charge is 0.133 e. The van der Waals surface area contributed by atoms with Crippen LogP contribution in [0.3, 0.4) is 0 Å². The summed E-state index contributed by atoms with van der Waals surface area (Å²) in [4.78, 5) is 10.8. The zero-order chi connectivity index (χ0) is 6.53. The molecule has 0 saturated carbocycles. The summed E-state index contributed by atoms with van der Waals surface area (Å²) in [5.41, 5.74) is 0. The Kier molecular flexibility index (Phi) is 2.49. The summed E-state index contributed by atoms with van der Waals surface area (Å²) in [7, 11) is 0. The van der Waals surface area contributed by atoms with E-state index < -0.39 is 0 Å². The summed E-state index contributed by atoms with van der Waals surface area (Å²) in [6.07, 6.45) is 8.93. The molecule has 0 N–H and O–H groups in total. The molecular weight excluding hydrogens is 112 g/mol. The molecule has 0 spiro atoms. The van der Waals surface area contributed by atoms with Crippen LogP contribution in [0, 0.1) is 0 Å². The molecule has 0 amide bonds. The maximum Gasteiger partial charge on any atom is 0.133 e. The molecule has 1 aliphatic rings. The normalized spacial score (nSPS) is 24.7. The van der Waals surface area contributed by atoms with Crippen LogP contribution in [0.2, 0.25) is 0 Å². The monoisotopic (exact) mass is 124 g/mol. The molecule has 0 heterocycles. The second-order valence-corrected chi connectivity index (χ2v) is 2.44. The van der Waals surface area contributed by atoms with Gasteiger partial charge in [0.05, 0.1) is 0 Å². The van der Waals surface area contributed by atoms with E-state index in [-0.39, 0.29) is 0 Å². The quantitative estimate of drug-likeness (QED) is 0.452. The molecule has 0 aromatic rings. The van der Waals surface area contributed by atoms with Gasteiger partial charge in [0.2, 0.25) is 0 Å². The third kappa shape index (κ3) is 2.45. The predicted octanol–water partition coefficient (Wildman–Crippen LogP) is 2.08. The molecule has 0 aromatic carbocycles. The van der Waals surface area contributed by atoms with Crippen LogP contribution in [0.5, 0.6) is 0 Å². The fourth-order valence-electron chi connectivity index (χ4n) is 1.02. The van der Waals surface area contributed by atoms with E-state index in [1.54, 1.807) is 0 Å². The van der Waals surface area contributed by atoms with Crippen LogP contribution in [-0.2, 0) is 4.79 Å². The van der Waals surface area contributed by atoms with E-state index in [1.807, 2.05) is 0 Å². The van der Waals surface area contributed by atoms with Crippen LogP contribution < -0.4 is 0 Å². The second-order valence-electron chi connectivity index (χ2n) is 2.44. The number of carbonyl (C=O) groups excluding carboxylic acids is 1. The van der Waals surface area contributed by atoms with Crippen LogP contribution in [0.25, 0.3) is 0 Å². The van der Waals surface area contributed by atoms with E-state index in [1.165, 1.54) is 0 Å². The van der Waals surface area contributed by atoms with Gasteiger partial charge in [0.25, 0.3) is 0 Å². The molecule has 0 bridgehead atoms. The SMILES string of the molecule is O=C1CC/C=C/CCC1. The van der Waals surface area contributed by atoms with Crippen LogP contribution in [-0.4, -0.2) is 5.78 Å². The van der Waals surface area contributed by atoms with Gasteiger partial charge >= 0.3 is 0 Å². The summed E-state index contributed by atoms with van der Waals surface area (Å²) >= 11 is 0. The van der Waals surface area contributed by atoms with Gasteiger partial charge in [0.1, 0.15) is 5.78 Å². The van der Waals surface area contributed by atoms with Gasteiger partial charge in [0.15, 0.2) is 0 Å². The van der Waals surface area contributed by atoms with Gasteiger partial charge in [-0.25, -0.2) is 0 Å². The van der Waals surface area contributed by atoms with Crippen molar-refractivity contribution in [2.75, 3.05) is 0 Å². The van der Waals surface area contributed by atoms with Crippen molar-refractivity contribution < 1.29 is 4.79 Å². The Hall–Kier alpha value is -0.590. The Morgan fingerprint density at radius 3 is 2.78 bits per heavy atom. The van der Waals surface area contributed by atoms with Crippen LogP contribution in [0.15, 0.2) is 12.2 Å². The Morgan fingerprint density at radius 1 is 1.11 bits per heavy atom. The van der Waals surface area contributed by atoms with Gasteiger partial charge in [-0.3, -0.25) is 4.79 Å². The summed E-state index contributed by atoms with van der Waals surface area (Å²) < 4.78 is 0. The third-order valence-corrected chi connectivity index (χ3v) is 1.58. The molecule has 50 valence electrons. The molecule has 1 heteroatoms. The number of Topliss-reactive ketones (excluding diaryl/α,β-unsaturated/α-hetero) is 1. The van der Waals surface area contributed by atoms with E-state index in [4.69, 9.17) is 0 Å². The van der Waals surface area contributed by atoms with Gasteiger partial charge in [-0.1, -0.05) is 12.2 Å². The molecule has 1 aliphatic carbocycles. The summed E-state index contributed by atoms with van der Waals surface area (Å²) in [5.74, 6) is 0.430. The molecule has 0 fully saturated rings. The van der Waals surface area contributed by atoms with Crippen molar-refractivity contribution in [1.29, 1.82) is 0 Å². The van der Waals surface area contributed by atoms with E-state index in [2.05, 4.69) is 12.2 Å². The average molecular weight is 124 g/mol. The minimum atomic E-state index is 0.430. The lowest BCUT2D eigenvalue weighted by Gasteiger charge is -1.99. The van der Waals surface area contributed by atoms with Crippen LogP contribution in [0.1, 0.15) is 32.1 Å². The molecule has 0 unspecified atom stereocenters. The minimum absolute atomic E-state index is 0.430. The average Bonchev–Trinajstić information content (AvgIpc) is 1.79. The van der Waals surface area contributed by atoms with Crippen molar-refractivity contribution >= 4 is 5.78 Å². The van der Waals surface area contributed by atoms with E-state index in [0.29, 0.717) is 5.78 Å². The number of carbonyl (C=O) groups is 1. The van der Waals surface area contributed by atoms with Crippen molar-refractivity contribution in [3.8, 4) is 0 Å². The molecule has 9 heavy (non-hydrogen) atoms. The number of allylic oxidation sites excluding steroid dienone is 2. The Morgan fingerprint density at radius 2 is 1.89 bits per heavy atom. The largest absolute Gasteiger partial charge is 0.300 e. The highest BCUT2D eigenvalue weighted by molar-refractivity contribution is 5.78. The first kappa shape index (κ1) is 6.53. The summed E-state index contributed by atoms with van der Waals surface area (Å²) in [5, 5.41) is 0. The number of hydrogen-bond donors (Lipinski definition) is 0. The summed E-state index contributed by atoms with van der Waals surface area (Å²) in [6, 6.07) is 0. The molecule has 1 rings (SSSR count). The molecular formula is C8H12O. The lowest BCUT2D eigenvalue weighted by Crippen LogP contribution is -1.97. The molecule has 0 radical (unpaired) electrons. The van der Waals surface area contributed by atoms with Crippen molar-refractivity contribution in [2.45, 2.75) is 32.1 Å². The van der Waals surface area contributed by atoms with Crippen molar-refractivity contribution in [3.63, 3.8) is 0 Å². The summed E-state index contributed by atoms with van der Waals surface area (Å²) in [6.45, 7) is 0. The highest BCUT2D eigenvalue weighted by atomic mass is 16.1. The number of rotatable bonds is 0. The van der Waals surface area contributed by atoms with Crippen molar-refractivity contribution in [1.82, 2.24) is 0 Å². The van der Waals surface area contributed by atoms with Crippen molar-refractivity contribution in [3.05, 3.63) is 12.2 Å². The predicted molar refractivity (Wildman–Crippen MR) is 37.2 cm³/mol. The topological polar surface area (TPSA) is 17.1 Å². The molecule has 0 atom stereocenters. The van der Waals surface area contributed by atoms with Crippen LogP contribution >= 0.6 is 0 Å². The van der Waals surface area contributed by atoms with Gasteiger partial charge in [-0.15, -0.1) is 0 Å². The fraction of sp³-hybridized carbons (Fsp3) is 0.625. The first-order chi connectivity index (χ1) is 4.39. The lowest BCUT2D eigenvalue weighted by atomic mass is 10.1. The van der Waals surface area contributed by atoms with E-state index in [9.17, 15) is 4.79 Å². The molecule has 0 aromatic heterocycles.